The molecule has 0 aliphatic heterocycles. The zero-order valence-electron chi connectivity index (χ0n) is 21.1. The van der Waals surface area contributed by atoms with Crippen LogP contribution in [0.3, 0.4) is 0 Å². The predicted molar refractivity (Wildman–Crippen MR) is 155 cm³/mol. The molecule has 0 saturated heterocycles. The predicted octanol–water partition coefficient (Wildman–Crippen LogP) is 8.99. The molecule has 1 amide bonds. The van der Waals surface area contributed by atoms with E-state index in [-0.39, 0.29) is 5.91 Å². The molecule has 2 aromatic heterocycles. The maximum Gasteiger partial charge on any atom is 0.257 e. The van der Waals surface area contributed by atoms with Crippen LogP contribution in [0, 0.1) is 6.92 Å². The fourth-order valence-electron chi connectivity index (χ4n) is 2.36. The summed E-state index contributed by atoms with van der Waals surface area (Å²) in [6.07, 6.45) is 5.42. The molecule has 1 aromatic carbocycles. The smallest absolute Gasteiger partial charge is 0.257 e. The number of thioether (sulfide) groups is 2. The third-order valence-electron chi connectivity index (χ3n) is 4.00. The van der Waals surface area contributed by atoms with E-state index in [1.165, 1.54) is 29.7 Å². The molecule has 0 unspecified atom stereocenters. The van der Waals surface area contributed by atoms with E-state index < -0.39 is 0 Å². The second-order valence-electron chi connectivity index (χ2n) is 7.58. The van der Waals surface area contributed by atoms with E-state index in [2.05, 4.69) is 72.7 Å². The van der Waals surface area contributed by atoms with Gasteiger partial charge in [-0.05, 0) is 60.9 Å². The Balaban J connectivity index is 0.000000732. The number of amides is 1. The van der Waals surface area contributed by atoms with Crippen LogP contribution in [0.2, 0.25) is 0 Å². The van der Waals surface area contributed by atoms with Gasteiger partial charge in [-0.2, -0.15) is 11.3 Å². The highest BCUT2D eigenvalue weighted by Crippen LogP contribution is 2.30. The molecular formula is C26H37N3OS4. The third kappa shape index (κ3) is 12.7. The number of hydrogen-bond donors (Lipinski definition) is 1. The van der Waals surface area contributed by atoms with Gasteiger partial charge in [-0.3, -0.25) is 10.1 Å². The zero-order chi connectivity index (χ0) is 25.3. The van der Waals surface area contributed by atoms with E-state index >= 15 is 0 Å². The van der Waals surface area contributed by atoms with Gasteiger partial charge in [0.1, 0.15) is 5.01 Å². The molecule has 0 bridgehead atoms. The molecule has 186 valence electrons. The molecule has 4 nitrogen and oxygen atoms in total. The van der Waals surface area contributed by atoms with Crippen molar-refractivity contribution in [2.75, 3.05) is 11.1 Å². The number of unbranched alkanes of at least 4 members (excludes halogenated alkanes) is 1. The highest BCUT2D eigenvalue weighted by Gasteiger charge is 2.13. The fraction of sp³-hybridized carbons (Fsp3) is 0.423. The van der Waals surface area contributed by atoms with Crippen LogP contribution in [0.25, 0.3) is 0 Å². The van der Waals surface area contributed by atoms with Crippen LogP contribution in [-0.4, -0.2) is 27.1 Å². The van der Waals surface area contributed by atoms with Crippen LogP contribution in [0.1, 0.15) is 68.4 Å². The summed E-state index contributed by atoms with van der Waals surface area (Å²) in [4.78, 5) is 14.9. The van der Waals surface area contributed by atoms with E-state index in [1.54, 1.807) is 40.9 Å². The van der Waals surface area contributed by atoms with Crippen molar-refractivity contribution < 1.29 is 4.79 Å². The minimum atomic E-state index is -0.142. The molecule has 3 rings (SSSR count). The fourth-order valence-corrected chi connectivity index (χ4v) is 5.66. The number of aryl methyl sites for hydroxylation is 2. The van der Waals surface area contributed by atoms with Crippen LogP contribution in [0.5, 0.6) is 0 Å². The monoisotopic (exact) mass is 535 g/mol. The zero-order valence-corrected chi connectivity index (χ0v) is 24.4. The summed E-state index contributed by atoms with van der Waals surface area (Å²) in [5.74, 6) is 0.848. The number of allylic oxidation sites excluding steroid dienone is 1. The Bertz CT molecular complexity index is 966. The number of carbonyl (C=O) groups excluding carboxylic acids is 1. The van der Waals surface area contributed by atoms with E-state index in [4.69, 9.17) is 0 Å². The molecule has 2 heterocycles. The Morgan fingerprint density at radius 2 is 1.85 bits per heavy atom. The van der Waals surface area contributed by atoms with E-state index in [0.717, 1.165) is 27.0 Å². The van der Waals surface area contributed by atoms with Gasteiger partial charge in [-0.15, -0.1) is 40.3 Å². The Hall–Kier alpha value is -1.61. The summed E-state index contributed by atoms with van der Waals surface area (Å²) >= 11 is 6.66. The molecule has 0 spiro atoms. The number of aromatic nitrogens is 2. The lowest BCUT2D eigenvalue weighted by Gasteiger charge is -2.11. The lowest BCUT2D eigenvalue weighted by molar-refractivity contribution is 0.102. The normalized spacial score (nSPS) is 10.1. The van der Waals surface area contributed by atoms with Gasteiger partial charge in [0.25, 0.3) is 5.91 Å². The summed E-state index contributed by atoms with van der Waals surface area (Å²) in [6, 6.07) is 8.26. The van der Waals surface area contributed by atoms with Gasteiger partial charge in [0.2, 0.25) is 5.13 Å². The summed E-state index contributed by atoms with van der Waals surface area (Å²) in [5, 5.41) is 16.9. The molecule has 8 heteroatoms. The maximum atomic E-state index is 12.7. The summed E-state index contributed by atoms with van der Waals surface area (Å²) in [6.45, 7) is 15.8. The Morgan fingerprint density at radius 3 is 2.38 bits per heavy atom. The van der Waals surface area contributed by atoms with Crippen molar-refractivity contribution in [1.29, 1.82) is 0 Å². The van der Waals surface area contributed by atoms with Crippen molar-refractivity contribution in [3.05, 3.63) is 63.8 Å². The van der Waals surface area contributed by atoms with Crippen molar-refractivity contribution in [2.45, 2.75) is 75.8 Å². The summed E-state index contributed by atoms with van der Waals surface area (Å²) in [7, 11) is 0. The molecular weight excluding hydrogens is 499 g/mol. The van der Waals surface area contributed by atoms with Crippen molar-refractivity contribution in [2.24, 2.45) is 0 Å². The Labute approximate surface area is 222 Å². The maximum absolute atomic E-state index is 12.7. The standard InChI is InChI=1S/C19H21N3OS4.C4H10.C3H6/c1-12(2)26-17-9-15(18(23)20-19-22-21-13(3)27-19)8-16(10-17)25-7-5-14-4-6-24-11-14;1-3-4-2;1-3-2/h4,6,8-12H,5,7H2,1-3H3,(H,20,22,23);3-4H2,1-2H3;3H,1H2,2H3. The molecule has 1 N–H and O–H groups in total. The molecule has 0 aliphatic carbocycles. The van der Waals surface area contributed by atoms with Gasteiger partial charge in [-0.25, -0.2) is 0 Å². The minimum Gasteiger partial charge on any atom is -0.296 e. The second-order valence-corrected chi connectivity index (χ2v) is 12.4. The van der Waals surface area contributed by atoms with Crippen LogP contribution >= 0.6 is 46.2 Å². The average molecular weight is 536 g/mol. The highest BCUT2D eigenvalue weighted by atomic mass is 32.2. The SMILES string of the molecule is C=CC.CCCC.Cc1nnc(NC(=O)c2cc(SCCc3ccsc3)cc(SC(C)C)c2)s1. The first-order chi connectivity index (χ1) is 16.3. The molecule has 0 aliphatic rings. The Kier molecular flexibility index (Phi) is 15.9. The molecule has 3 aromatic rings. The van der Waals surface area contributed by atoms with E-state index in [1.807, 2.05) is 26.0 Å². The second kappa shape index (κ2) is 17.8. The highest BCUT2D eigenvalue weighted by molar-refractivity contribution is 8.00. The van der Waals surface area contributed by atoms with Gasteiger partial charge >= 0.3 is 0 Å². The van der Waals surface area contributed by atoms with Crippen molar-refractivity contribution >= 4 is 57.2 Å². The van der Waals surface area contributed by atoms with Crippen molar-refractivity contribution in [1.82, 2.24) is 10.2 Å². The van der Waals surface area contributed by atoms with Crippen LogP contribution in [0.4, 0.5) is 5.13 Å². The van der Waals surface area contributed by atoms with Gasteiger partial charge < -0.3 is 0 Å². The number of carbonyl (C=O) groups is 1. The van der Waals surface area contributed by atoms with Gasteiger partial charge in [0.15, 0.2) is 0 Å². The number of nitrogens with zero attached hydrogens (tertiary/aromatic N) is 2. The number of hydrogen-bond acceptors (Lipinski definition) is 7. The van der Waals surface area contributed by atoms with Crippen LogP contribution in [-0.2, 0) is 6.42 Å². The van der Waals surface area contributed by atoms with E-state index in [0.29, 0.717) is 15.9 Å². The van der Waals surface area contributed by atoms with Gasteiger partial charge in [0, 0.05) is 26.4 Å². The number of rotatable bonds is 9. The van der Waals surface area contributed by atoms with Gasteiger partial charge in [0.05, 0.1) is 0 Å². The lowest BCUT2D eigenvalue weighted by atomic mass is 10.2. The molecule has 0 saturated carbocycles. The lowest BCUT2D eigenvalue weighted by Crippen LogP contribution is -2.12. The third-order valence-corrected chi connectivity index (χ3v) is 7.44. The number of anilines is 1. The quantitative estimate of drug-likeness (QED) is 0.219. The largest absolute Gasteiger partial charge is 0.296 e. The minimum absolute atomic E-state index is 0.142. The molecule has 0 atom stereocenters. The average Bonchev–Trinajstić information content (AvgIpc) is 3.45. The van der Waals surface area contributed by atoms with Crippen molar-refractivity contribution in [3.8, 4) is 0 Å². The number of benzene rings is 1. The van der Waals surface area contributed by atoms with Crippen LogP contribution in [0.15, 0.2) is 57.5 Å². The number of thiophene rings is 1. The first kappa shape index (κ1) is 30.4. The van der Waals surface area contributed by atoms with Crippen LogP contribution < -0.4 is 5.32 Å². The molecule has 34 heavy (non-hydrogen) atoms. The summed E-state index contributed by atoms with van der Waals surface area (Å²) < 4.78 is 0. The number of nitrogens with one attached hydrogen (secondary N) is 1. The van der Waals surface area contributed by atoms with Gasteiger partial charge in [-0.1, -0.05) is 57.9 Å². The van der Waals surface area contributed by atoms with E-state index in [9.17, 15) is 4.79 Å². The first-order valence-corrected chi connectivity index (χ1v) is 15.1. The Morgan fingerprint density at radius 1 is 1.18 bits per heavy atom. The summed E-state index contributed by atoms with van der Waals surface area (Å²) in [5.41, 5.74) is 2.02. The van der Waals surface area contributed by atoms with Crippen molar-refractivity contribution in [3.63, 3.8) is 0 Å². The first-order valence-electron chi connectivity index (χ1n) is 11.5. The molecule has 0 radical (unpaired) electrons. The topological polar surface area (TPSA) is 54.9 Å². The molecule has 0 fully saturated rings.